The Morgan fingerprint density at radius 2 is 1.05 bits per heavy atom. The van der Waals surface area contributed by atoms with Crippen LogP contribution in [0.3, 0.4) is 0 Å². The van der Waals surface area contributed by atoms with Crippen molar-refractivity contribution in [2.45, 2.75) is 32.1 Å². The van der Waals surface area contributed by atoms with Gasteiger partial charge in [-0.15, -0.1) is 0 Å². The van der Waals surface area contributed by atoms with E-state index in [2.05, 4.69) is 25.3 Å². The first-order valence-electron chi connectivity index (χ1n) is 15.0. The lowest BCUT2D eigenvalue weighted by atomic mass is 10.1. The first-order chi connectivity index (χ1) is 21.7. The van der Waals surface area contributed by atoms with Crippen molar-refractivity contribution in [3.05, 3.63) is 83.9 Å². The van der Waals surface area contributed by atoms with Crippen LogP contribution in [0, 0.1) is 0 Å². The van der Waals surface area contributed by atoms with Gasteiger partial charge in [0.1, 0.15) is 23.0 Å². The van der Waals surface area contributed by atoms with Gasteiger partial charge in [-0.25, -0.2) is 4.79 Å². The highest BCUT2D eigenvalue weighted by Crippen LogP contribution is 2.19. The number of thiol groups is 2. The summed E-state index contributed by atoms with van der Waals surface area (Å²) in [5, 5.41) is 0. The van der Waals surface area contributed by atoms with Crippen LogP contribution in [0.25, 0.3) is 0 Å². The van der Waals surface area contributed by atoms with E-state index in [9.17, 15) is 4.79 Å². The van der Waals surface area contributed by atoms with E-state index in [4.69, 9.17) is 23.7 Å². The van der Waals surface area contributed by atoms with E-state index in [1.807, 2.05) is 59.9 Å². The SMILES string of the molecule is O=C(Oc1ccc(CCOCOc2ccc(OCCCSCCCS)cc2)cc1)c1ccc(OCCCSCCCS)cc1. The molecule has 0 fully saturated rings. The molecule has 3 rings (SSSR count). The monoisotopic (exact) mass is 676 g/mol. The third-order valence-electron chi connectivity index (χ3n) is 6.19. The van der Waals surface area contributed by atoms with Crippen molar-refractivity contribution in [2.75, 3.05) is 61.1 Å². The Labute approximate surface area is 282 Å². The van der Waals surface area contributed by atoms with Crippen LogP contribution in [0.5, 0.6) is 23.0 Å². The Bertz CT molecular complexity index is 1160. The summed E-state index contributed by atoms with van der Waals surface area (Å²) in [4.78, 5) is 12.6. The molecule has 6 nitrogen and oxygen atoms in total. The second-order valence-corrected chi connectivity index (χ2v) is 13.1. The fourth-order valence-corrected chi connectivity index (χ4v) is 6.30. The van der Waals surface area contributed by atoms with Gasteiger partial charge in [0.25, 0.3) is 0 Å². The number of hydrogen-bond acceptors (Lipinski definition) is 10. The van der Waals surface area contributed by atoms with Gasteiger partial charge >= 0.3 is 5.97 Å². The maximum Gasteiger partial charge on any atom is 0.343 e. The van der Waals surface area contributed by atoms with Crippen LogP contribution < -0.4 is 18.9 Å². The van der Waals surface area contributed by atoms with E-state index in [1.165, 1.54) is 0 Å². The van der Waals surface area contributed by atoms with Crippen LogP contribution in [-0.2, 0) is 11.2 Å². The number of carbonyl (C=O) groups is 1. The van der Waals surface area contributed by atoms with Crippen molar-refractivity contribution in [3.63, 3.8) is 0 Å². The molecule has 0 radical (unpaired) electrons. The van der Waals surface area contributed by atoms with Crippen LogP contribution in [0.1, 0.15) is 41.6 Å². The molecule has 0 bridgehead atoms. The summed E-state index contributed by atoms with van der Waals surface area (Å²) < 4.78 is 28.4. The Morgan fingerprint density at radius 3 is 1.59 bits per heavy atom. The largest absolute Gasteiger partial charge is 0.494 e. The van der Waals surface area contributed by atoms with E-state index < -0.39 is 5.97 Å². The van der Waals surface area contributed by atoms with Gasteiger partial charge in [0.15, 0.2) is 6.79 Å². The first kappa shape index (κ1) is 36.4. The molecule has 0 heterocycles. The summed E-state index contributed by atoms with van der Waals surface area (Å²) in [7, 11) is 0. The maximum absolute atomic E-state index is 12.6. The molecule has 0 aromatic heterocycles. The minimum Gasteiger partial charge on any atom is -0.494 e. The van der Waals surface area contributed by atoms with Gasteiger partial charge < -0.3 is 23.7 Å². The number of ether oxygens (including phenoxy) is 5. The minimum absolute atomic E-state index is 0.166. The zero-order valence-corrected chi connectivity index (χ0v) is 28.6. The number of rotatable bonds is 24. The number of thioether (sulfide) groups is 2. The normalized spacial score (nSPS) is 10.9. The van der Waals surface area contributed by atoms with Gasteiger partial charge in [0, 0.05) is 0 Å². The Hall–Kier alpha value is -2.11. The standard InChI is InChI=1S/C34H44O6S4/c35-34(29-7-11-30(12-8-29)37-18-1-23-43-25-3-21-41)40-33-9-5-28(6-10-33)17-20-36-27-39-32-15-13-31(14-16-32)38-19-2-24-44-26-4-22-42/h5-16,41-42H,1-4,17-27H2. The molecule has 44 heavy (non-hydrogen) atoms. The number of carbonyl (C=O) groups excluding carboxylic acids is 1. The summed E-state index contributed by atoms with van der Waals surface area (Å²) in [6.07, 6.45) is 5.01. The zero-order chi connectivity index (χ0) is 31.1. The second-order valence-electron chi connectivity index (χ2n) is 9.73. The van der Waals surface area contributed by atoms with Crippen LogP contribution in [0.15, 0.2) is 72.8 Å². The smallest absolute Gasteiger partial charge is 0.343 e. The van der Waals surface area contributed by atoms with Crippen molar-refractivity contribution in [2.24, 2.45) is 0 Å². The average Bonchev–Trinajstić information content (AvgIpc) is 3.05. The quantitative estimate of drug-likeness (QED) is 0.0324. The van der Waals surface area contributed by atoms with E-state index in [0.29, 0.717) is 37.6 Å². The highest BCUT2D eigenvalue weighted by Gasteiger charge is 2.09. The van der Waals surface area contributed by atoms with Gasteiger partial charge in [-0.3, -0.25) is 0 Å². The van der Waals surface area contributed by atoms with Crippen molar-refractivity contribution in [3.8, 4) is 23.0 Å². The molecule has 0 spiro atoms. The fraction of sp³-hybridized carbons (Fsp3) is 0.441. The minimum atomic E-state index is -0.403. The van der Waals surface area contributed by atoms with Gasteiger partial charge in [-0.1, -0.05) is 12.1 Å². The zero-order valence-electron chi connectivity index (χ0n) is 25.2. The van der Waals surface area contributed by atoms with Crippen molar-refractivity contribution < 1.29 is 28.5 Å². The van der Waals surface area contributed by atoms with Gasteiger partial charge in [0.05, 0.1) is 25.4 Å². The first-order valence-corrected chi connectivity index (χ1v) is 18.6. The summed E-state index contributed by atoms with van der Waals surface area (Å²) in [6.45, 7) is 2.04. The van der Waals surface area contributed by atoms with Crippen molar-refractivity contribution in [1.82, 2.24) is 0 Å². The topological polar surface area (TPSA) is 63.2 Å². The lowest BCUT2D eigenvalue weighted by molar-refractivity contribution is 0.0168. The van der Waals surface area contributed by atoms with Gasteiger partial charge in [-0.05, 0) is 133 Å². The Morgan fingerprint density at radius 1 is 0.568 bits per heavy atom. The Kier molecular flexibility index (Phi) is 19.2. The molecule has 0 aliphatic rings. The summed E-state index contributed by atoms with van der Waals surface area (Å²) in [5.74, 6) is 8.76. The number of hydrogen-bond donors (Lipinski definition) is 2. The molecular weight excluding hydrogens is 633 g/mol. The van der Waals surface area contributed by atoms with Gasteiger partial charge in [-0.2, -0.15) is 48.8 Å². The third kappa shape index (κ3) is 15.8. The molecule has 0 saturated carbocycles. The molecular formula is C34H44O6S4. The predicted molar refractivity (Wildman–Crippen MR) is 191 cm³/mol. The molecule has 0 unspecified atom stereocenters. The molecule has 0 saturated heterocycles. The predicted octanol–water partition coefficient (Wildman–Crippen LogP) is 8.15. The maximum atomic E-state index is 12.6. The molecule has 0 aliphatic carbocycles. The van der Waals surface area contributed by atoms with E-state index in [1.54, 1.807) is 36.4 Å². The second kappa shape index (κ2) is 23.3. The lowest BCUT2D eigenvalue weighted by Crippen LogP contribution is -2.09. The highest BCUT2D eigenvalue weighted by molar-refractivity contribution is 7.99. The molecule has 0 amide bonds. The molecule has 3 aromatic carbocycles. The van der Waals surface area contributed by atoms with E-state index >= 15 is 0 Å². The van der Waals surface area contributed by atoms with E-state index in [-0.39, 0.29) is 6.79 Å². The molecule has 0 N–H and O–H groups in total. The summed E-state index contributed by atoms with van der Waals surface area (Å²) in [5.41, 5.74) is 1.55. The van der Waals surface area contributed by atoms with Gasteiger partial charge in [0.2, 0.25) is 0 Å². The average molecular weight is 677 g/mol. The fourth-order valence-electron chi connectivity index (χ4n) is 3.81. The van der Waals surface area contributed by atoms with Crippen LogP contribution >= 0.6 is 48.8 Å². The third-order valence-corrected chi connectivity index (χ3v) is 9.13. The molecule has 0 atom stereocenters. The molecule has 3 aromatic rings. The van der Waals surface area contributed by atoms with Crippen molar-refractivity contribution >= 4 is 54.8 Å². The summed E-state index contributed by atoms with van der Waals surface area (Å²) >= 11 is 12.3. The number of benzene rings is 3. The highest BCUT2D eigenvalue weighted by atomic mass is 32.2. The van der Waals surface area contributed by atoms with E-state index in [0.717, 1.165) is 83.0 Å². The number of esters is 1. The lowest BCUT2D eigenvalue weighted by Gasteiger charge is -2.10. The van der Waals surface area contributed by atoms with Crippen LogP contribution in [0.2, 0.25) is 0 Å². The molecule has 240 valence electrons. The van der Waals surface area contributed by atoms with Crippen LogP contribution in [0.4, 0.5) is 0 Å². The Balaban J connectivity index is 1.25. The van der Waals surface area contributed by atoms with Crippen molar-refractivity contribution in [1.29, 1.82) is 0 Å². The summed E-state index contributed by atoms with van der Waals surface area (Å²) in [6, 6.07) is 22.1. The van der Waals surface area contributed by atoms with Crippen LogP contribution in [-0.4, -0.2) is 67.1 Å². The molecule has 10 heteroatoms. The molecule has 0 aliphatic heterocycles.